The zero-order valence-electron chi connectivity index (χ0n) is 20.3. The molecule has 3 aromatic rings. The van der Waals surface area contributed by atoms with Crippen LogP contribution in [0.5, 0.6) is 5.75 Å². The topological polar surface area (TPSA) is 95.9 Å². The summed E-state index contributed by atoms with van der Waals surface area (Å²) in [5, 5.41) is 12.4. The van der Waals surface area contributed by atoms with Crippen LogP contribution in [0.25, 0.3) is 0 Å². The van der Waals surface area contributed by atoms with Gasteiger partial charge in [-0.1, -0.05) is 41.4 Å². The van der Waals surface area contributed by atoms with Gasteiger partial charge in [0, 0.05) is 29.1 Å². The lowest BCUT2D eigenvalue weighted by Gasteiger charge is -2.18. The van der Waals surface area contributed by atoms with E-state index < -0.39 is 17.9 Å². The van der Waals surface area contributed by atoms with Gasteiger partial charge in [-0.15, -0.1) is 11.3 Å². The molecule has 1 fully saturated rings. The van der Waals surface area contributed by atoms with Crippen molar-refractivity contribution < 1.29 is 24.2 Å². The molecule has 0 saturated carbocycles. The number of carboxylic acid groups (broad SMARTS) is 1. The minimum Gasteiger partial charge on any atom is -0.489 e. The molecule has 1 aliphatic rings. The lowest BCUT2D eigenvalue weighted by atomic mass is 10.0. The van der Waals surface area contributed by atoms with Crippen LogP contribution in [0.4, 0.5) is 0 Å². The second-order valence-electron chi connectivity index (χ2n) is 8.92. The smallest absolute Gasteiger partial charge is 0.326 e. The van der Waals surface area contributed by atoms with Gasteiger partial charge < -0.3 is 20.1 Å². The summed E-state index contributed by atoms with van der Waals surface area (Å²) in [7, 11) is 0. The van der Waals surface area contributed by atoms with Crippen LogP contribution < -0.4 is 10.1 Å². The summed E-state index contributed by atoms with van der Waals surface area (Å²) in [6, 6.07) is 12.4. The highest BCUT2D eigenvalue weighted by Gasteiger charge is 2.30. The van der Waals surface area contributed by atoms with Crippen LogP contribution in [0.2, 0.25) is 10.0 Å². The molecule has 37 heavy (non-hydrogen) atoms. The van der Waals surface area contributed by atoms with Crippen LogP contribution in [-0.2, 0) is 11.2 Å². The average Bonchev–Trinajstić information content (AvgIpc) is 3.44. The first-order valence-electron chi connectivity index (χ1n) is 11.7. The maximum atomic E-state index is 12.9. The van der Waals surface area contributed by atoms with Crippen molar-refractivity contribution in [3.8, 4) is 5.75 Å². The van der Waals surface area contributed by atoms with Crippen molar-refractivity contribution in [1.29, 1.82) is 0 Å². The third kappa shape index (κ3) is 6.44. The molecule has 0 radical (unpaired) electrons. The highest BCUT2D eigenvalue weighted by atomic mass is 35.5. The average molecular weight is 561 g/mol. The highest BCUT2D eigenvalue weighted by molar-refractivity contribution is 7.12. The second-order valence-corrected chi connectivity index (χ2v) is 11.2. The first kappa shape index (κ1) is 27.0. The summed E-state index contributed by atoms with van der Waals surface area (Å²) < 4.78 is 6.08. The fourth-order valence-electron chi connectivity index (χ4n) is 4.30. The van der Waals surface area contributed by atoms with Crippen molar-refractivity contribution in [2.24, 2.45) is 0 Å². The Balaban J connectivity index is 1.34. The SMILES string of the molecule is Cc1cc(C(=O)N2CC[C@@H](Oc3ccc(C[C@H](NC(=O)c4c(Cl)cccc4Cl)C(=O)O)cc3)C2)c(C)s1. The van der Waals surface area contributed by atoms with Gasteiger partial charge in [0.15, 0.2) is 0 Å². The molecule has 2 amide bonds. The van der Waals surface area contributed by atoms with Crippen molar-refractivity contribution in [2.45, 2.75) is 38.8 Å². The number of rotatable bonds is 8. The molecule has 4 rings (SSSR count). The molecule has 10 heteroatoms. The molecule has 0 spiro atoms. The first-order valence-corrected chi connectivity index (χ1v) is 13.3. The number of aryl methyl sites for hydroxylation is 2. The lowest BCUT2D eigenvalue weighted by Crippen LogP contribution is -2.42. The summed E-state index contributed by atoms with van der Waals surface area (Å²) >= 11 is 13.8. The molecule has 1 aliphatic heterocycles. The van der Waals surface area contributed by atoms with E-state index in [4.69, 9.17) is 27.9 Å². The number of benzene rings is 2. The Morgan fingerprint density at radius 3 is 2.41 bits per heavy atom. The zero-order chi connectivity index (χ0) is 26.7. The van der Waals surface area contributed by atoms with E-state index in [0.717, 1.165) is 21.7 Å². The third-order valence-corrected chi connectivity index (χ3v) is 7.76. The van der Waals surface area contributed by atoms with E-state index in [1.54, 1.807) is 41.7 Å². The first-order chi connectivity index (χ1) is 17.6. The molecular weight excluding hydrogens is 535 g/mol. The molecule has 0 unspecified atom stereocenters. The fourth-order valence-corrected chi connectivity index (χ4v) is 5.78. The van der Waals surface area contributed by atoms with Crippen molar-refractivity contribution in [3.05, 3.63) is 85.0 Å². The number of thiophene rings is 1. The van der Waals surface area contributed by atoms with Gasteiger partial charge in [-0.05, 0) is 49.7 Å². The number of hydrogen-bond acceptors (Lipinski definition) is 5. The summed E-state index contributed by atoms with van der Waals surface area (Å²) in [4.78, 5) is 41.3. The zero-order valence-corrected chi connectivity index (χ0v) is 22.6. The normalized spacial score (nSPS) is 15.9. The van der Waals surface area contributed by atoms with E-state index in [1.807, 2.05) is 24.8 Å². The van der Waals surface area contributed by atoms with Crippen LogP contribution in [-0.4, -0.2) is 53.0 Å². The van der Waals surface area contributed by atoms with Gasteiger partial charge in [0.05, 0.1) is 27.7 Å². The Hall–Kier alpha value is -3.07. The molecule has 1 aromatic heterocycles. The van der Waals surface area contributed by atoms with Crippen LogP contribution in [0, 0.1) is 13.8 Å². The van der Waals surface area contributed by atoms with Crippen LogP contribution in [0.1, 0.15) is 42.5 Å². The van der Waals surface area contributed by atoms with Gasteiger partial charge in [0.25, 0.3) is 11.8 Å². The number of carboxylic acids is 1. The van der Waals surface area contributed by atoms with Crippen LogP contribution >= 0.6 is 34.5 Å². The summed E-state index contributed by atoms with van der Waals surface area (Å²) in [5.74, 6) is -1.17. The van der Waals surface area contributed by atoms with E-state index in [9.17, 15) is 19.5 Å². The fraction of sp³-hybridized carbons (Fsp3) is 0.296. The highest BCUT2D eigenvalue weighted by Crippen LogP contribution is 2.26. The molecule has 7 nitrogen and oxygen atoms in total. The number of likely N-dealkylation sites (tertiary alicyclic amines) is 1. The Kier molecular flexibility index (Phi) is 8.42. The quantitative estimate of drug-likeness (QED) is 0.385. The third-order valence-electron chi connectivity index (χ3n) is 6.16. The van der Waals surface area contributed by atoms with Crippen LogP contribution in [0.3, 0.4) is 0 Å². The van der Waals surface area contributed by atoms with Crippen molar-refractivity contribution in [1.82, 2.24) is 10.2 Å². The monoisotopic (exact) mass is 560 g/mol. The predicted molar refractivity (Wildman–Crippen MR) is 144 cm³/mol. The van der Waals surface area contributed by atoms with Gasteiger partial charge in [-0.3, -0.25) is 9.59 Å². The van der Waals surface area contributed by atoms with E-state index in [2.05, 4.69) is 5.32 Å². The molecule has 2 atom stereocenters. The molecule has 0 bridgehead atoms. The number of carbonyl (C=O) groups is 3. The van der Waals surface area contributed by atoms with Gasteiger partial charge >= 0.3 is 5.97 Å². The molecule has 2 heterocycles. The Morgan fingerprint density at radius 1 is 1.14 bits per heavy atom. The number of amides is 2. The molecular formula is C27H26Cl2N2O5S. The predicted octanol–water partition coefficient (Wildman–Crippen LogP) is 5.39. The van der Waals surface area contributed by atoms with Gasteiger partial charge in [0.1, 0.15) is 17.9 Å². The minimum atomic E-state index is -1.18. The minimum absolute atomic E-state index is 0.0307. The van der Waals surface area contributed by atoms with E-state index >= 15 is 0 Å². The number of carbonyl (C=O) groups excluding carboxylic acids is 2. The van der Waals surface area contributed by atoms with Gasteiger partial charge in [-0.25, -0.2) is 4.79 Å². The number of nitrogens with one attached hydrogen (secondary N) is 1. The van der Waals surface area contributed by atoms with E-state index in [0.29, 0.717) is 24.4 Å². The van der Waals surface area contributed by atoms with Crippen molar-refractivity contribution >= 4 is 52.3 Å². The maximum absolute atomic E-state index is 12.9. The number of nitrogens with zero attached hydrogens (tertiary/aromatic N) is 1. The number of ether oxygens (including phenoxy) is 1. The summed E-state index contributed by atoms with van der Waals surface area (Å²) in [6.45, 7) is 5.09. The molecule has 2 aromatic carbocycles. The number of hydrogen-bond donors (Lipinski definition) is 2. The van der Waals surface area contributed by atoms with E-state index in [1.165, 1.54) is 12.1 Å². The maximum Gasteiger partial charge on any atom is 0.326 e. The van der Waals surface area contributed by atoms with Crippen molar-refractivity contribution in [2.75, 3.05) is 13.1 Å². The van der Waals surface area contributed by atoms with E-state index in [-0.39, 0.29) is 34.0 Å². The molecule has 2 N–H and O–H groups in total. The lowest BCUT2D eigenvalue weighted by molar-refractivity contribution is -0.139. The standard InChI is InChI=1S/C27H26Cl2N2O5S/c1-15-12-20(16(2)37-15)26(33)31-11-10-19(14-31)36-18-8-6-17(7-9-18)13-23(27(34)35)30-25(32)24-21(28)4-3-5-22(24)29/h3-9,12,19,23H,10-11,13-14H2,1-2H3,(H,30,32)(H,34,35)/t19-,23+/m1/s1. The van der Waals surface area contributed by atoms with Gasteiger partial charge in [0.2, 0.25) is 0 Å². The number of aliphatic carboxylic acids is 1. The summed E-state index contributed by atoms with van der Waals surface area (Å²) in [5.41, 5.74) is 1.50. The molecule has 0 aliphatic carbocycles. The second kappa shape index (κ2) is 11.5. The Labute approximate surface area is 229 Å². The molecule has 1 saturated heterocycles. The Bertz CT molecular complexity index is 1300. The largest absolute Gasteiger partial charge is 0.489 e. The van der Waals surface area contributed by atoms with Gasteiger partial charge in [-0.2, -0.15) is 0 Å². The summed E-state index contributed by atoms with van der Waals surface area (Å²) in [6.07, 6.45) is 0.670. The Morgan fingerprint density at radius 2 is 1.81 bits per heavy atom. The number of halogens is 2. The van der Waals surface area contributed by atoms with Crippen LogP contribution in [0.15, 0.2) is 48.5 Å². The van der Waals surface area contributed by atoms with Crippen molar-refractivity contribution in [3.63, 3.8) is 0 Å². The molecule has 194 valence electrons.